The first kappa shape index (κ1) is 20.3. The number of rotatable bonds is 10. The minimum atomic E-state index is -0.196. The Morgan fingerprint density at radius 3 is 2.42 bits per heavy atom. The number of amides is 1. The lowest BCUT2D eigenvalue weighted by molar-refractivity contribution is -0.118. The summed E-state index contributed by atoms with van der Waals surface area (Å²) in [6.45, 7) is 4.87. The van der Waals surface area contributed by atoms with Crippen LogP contribution >= 0.6 is 15.9 Å². The van der Waals surface area contributed by atoms with Gasteiger partial charge in [-0.05, 0) is 61.4 Å². The van der Waals surface area contributed by atoms with Crippen LogP contribution in [0.15, 0.2) is 46.9 Å². The van der Waals surface area contributed by atoms with Crippen LogP contribution in [-0.4, -0.2) is 19.1 Å². The molecule has 1 N–H and O–H groups in total. The molecule has 0 aliphatic heterocycles. The van der Waals surface area contributed by atoms with E-state index in [0.717, 1.165) is 34.5 Å². The number of carbonyl (C=O) groups excluding carboxylic acids is 1. The predicted molar refractivity (Wildman–Crippen MR) is 109 cm³/mol. The Bertz CT molecular complexity index is 701. The normalized spacial score (nSPS) is 10.4. The van der Waals surface area contributed by atoms with E-state index in [9.17, 15) is 4.79 Å². The van der Waals surface area contributed by atoms with Gasteiger partial charge in [-0.15, -0.1) is 0 Å². The minimum Gasteiger partial charge on any atom is -0.494 e. The molecule has 5 heteroatoms. The summed E-state index contributed by atoms with van der Waals surface area (Å²) < 4.78 is 12.2. The zero-order valence-corrected chi connectivity index (χ0v) is 17.0. The third-order valence-electron chi connectivity index (χ3n) is 3.90. The van der Waals surface area contributed by atoms with Crippen LogP contribution in [0.3, 0.4) is 0 Å². The second-order valence-electron chi connectivity index (χ2n) is 6.18. The van der Waals surface area contributed by atoms with Crippen LogP contribution in [0.1, 0.15) is 38.2 Å². The summed E-state index contributed by atoms with van der Waals surface area (Å²) >= 11 is 3.44. The highest BCUT2D eigenvalue weighted by Gasteiger charge is 2.05. The third kappa shape index (κ3) is 7.08. The average Bonchev–Trinajstić information content (AvgIpc) is 2.64. The van der Waals surface area contributed by atoms with Crippen molar-refractivity contribution in [1.82, 2.24) is 0 Å². The fraction of sp³-hybridized carbons (Fsp3) is 0.381. The standard InChI is InChI=1S/C21H26BrNO3/c1-3-4-5-6-13-25-18-9-7-17(8-10-18)23-21(24)15-26-19-11-12-20(22)16(2)14-19/h7-12,14H,3-6,13,15H2,1-2H3,(H,23,24). The molecule has 2 rings (SSSR count). The van der Waals surface area contributed by atoms with Gasteiger partial charge in [-0.2, -0.15) is 0 Å². The average molecular weight is 420 g/mol. The maximum atomic E-state index is 12.0. The van der Waals surface area contributed by atoms with Gasteiger partial charge in [-0.3, -0.25) is 4.79 Å². The van der Waals surface area contributed by atoms with Crippen LogP contribution in [0, 0.1) is 6.92 Å². The number of hydrogen-bond donors (Lipinski definition) is 1. The van der Waals surface area contributed by atoms with E-state index in [2.05, 4.69) is 28.2 Å². The Kier molecular flexibility index (Phi) is 8.48. The Hall–Kier alpha value is -2.01. The highest BCUT2D eigenvalue weighted by atomic mass is 79.9. The van der Waals surface area contributed by atoms with Gasteiger partial charge in [-0.25, -0.2) is 0 Å². The van der Waals surface area contributed by atoms with Crippen molar-refractivity contribution in [3.63, 3.8) is 0 Å². The van der Waals surface area contributed by atoms with Crippen molar-refractivity contribution in [2.24, 2.45) is 0 Å². The third-order valence-corrected chi connectivity index (χ3v) is 4.79. The zero-order chi connectivity index (χ0) is 18.8. The van der Waals surface area contributed by atoms with Gasteiger partial charge in [0.2, 0.25) is 0 Å². The molecule has 0 radical (unpaired) electrons. The number of halogens is 1. The first-order valence-electron chi connectivity index (χ1n) is 9.00. The van der Waals surface area contributed by atoms with Crippen LogP contribution in [-0.2, 0) is 4.79 Å². The van der Waals surface area contributed by atoms with Crippen LogP contribution in [0.4, 0.5) is 5.69 Å². The van der Waals surface area contributed by atoms with Crippen molar-refractivity contribution in [1.29, 1.82) is 0 Å². The summed E-state index contributed by atoms with van der Waals surface area (Å²) in [5.74, 6) is 1.30. The van der Waals surface area contributed by atoms with Crippen LogP contribution in [0.2, 0.25) is 0 Å². The Balaban J connectivity index is 1.73. The number of nitrogens with one attached hydrogen (secondary N) is 1. The molecular formula is C21H26BrNO3. The molecule has 0 atom stereocenters. The highest BCUT2D eigenvalue weighted by molar-refractivity contribution is 9.10. The van der Waals surface area contributed by atoms with Crippen LogP contribution in [0.25, 0.3) is 0 Å². The summed E-state index contributed by atoms with van der Waals surface area (Å²) in [6.07, 6.45) is 4.73. The van der Waals surface area contributed by atoms with E-state index in [1.165, 1.54) is 19.3 Å². The number of carbonyl (C=O) groups is 1. The molecule has 0 aromatic heterocycles. The second-order valence-corrected chi connectivity index (χ2v) is 7.04. The van der Waals surface area contributed by atoms with Gasteiger partial charge in [0.05, 0.1) is 6.61 Å². The molecule has 0 bridgehead atoms. The summed E-state index contributed by atoms with van der Waals surface area (Å²) in [6, 6.07) is 13.0. The van der Waals surface area contributed by atoms with E-state index < -0.39 is 0 Å². The number of anilines is 1. The first-order chi connectivity index (χ1) is 12.6. The molecule has 1 amide bonds. The lowest BCUT2D eigenvalue weighted by atomic mass is 10.2. The van der Waals surface area contributed by atoms with E-state index in [1.807, 2.05) is 49.4 Å². The van der Waals surface area contributed by atoms with E-state index in [4.69, 9.17) is 9.47 Å². The lowest BCUT2D eigenvalue weighted by Crippen LogP contribution is -2.20. The smallest absolute Gasteiger partial charge is 0.262 e. The SMILES string of the molecule is CCCCCCOc1ccc(NC(=O)COc2ccc(Br)c(C)c2)cc1. The van der Waals surface area contributed by atoms with E-state index >= 15 is 0 Å². The van der Waals surface area contributed by atoms with E-state index in [0.29, 0.717) is 5.75 Å². The largest absolute Gasteiger partial charge is 0.494 e. The van der Waals surface area contributed by atoms with Crippen molar-refractivity contribution < 1.29 is 14.3 Å². The molecule has 0 fully saturated rings. The molecule has 0 aliphatic carbocycles. The van der Waals surface area contributed by atoms with Crippen molar-refractivity contribution >= 4 is 27.5 Å². The van der Waals surface area contributed by atoms with Gasteiger partial charge in [0.25, 0.3) is 5.91 Å². The molecule has 0 aliphatic rings. The second kappa shape index (κ2) is 10.9. The molecule has 2 aromatic rings. The maximum Gasteiger partial charge on any atom is 0.262 e. The monoisotopic (exact) mass is 419 g/mol. The predicted octanol–water partition coefficient (Wildman–Crippen LogP) is 5.73. The van der Waals surface area contributed by atoms with E-state index in [-0.39, 0.29) is 12.5 Å². The maximum absolute atomic E-state index is 12.0. The molecule has 0 unspecified atom stereocenters. The molecule has 0 spiro atoms. The zero-order valence-electron chi connectivity index (χ0n) is 15.4. The van der Waals surface area contributed by atoms with E-state index in [1.54, 1.807) is 0 Å². The summed E-state index contributed by atoms with van der Waals surface area (Å²) in [4.78, 5) is 12.0. The molecule has 2 aromatic carbocycles. The molecule has 26 heavy (non-hydrogen) atoms. The summed E-state index contributed by atoms with van der Waals surface area (Å²) in [5.41, 5.74) is 1.79. The Labute approximate surface area is 164 Å². The highest BCUT2D eigenvalue weighted by Crippen LogP contribution is 2.21. The molecule has 0 heterocycles. The Morgan fingerprint density at radius 1 is 1.00 bits per heavy atom. The minimum absolute atomic E-state index is 0.0310. The molecule has 0 saturated heterocycles. The van der Waals surface area contributed by atoms with Gasteiger partial charge in [0, 0.05) is 10.2 Å². The van der Waals surface area contributed by atoms with Crippen molar-refractivity contribution in [2.45, 2.75) is 39.5 Å². The van der Waals surface area contributed by atoms with Gasteiger partial charge >= 0.3 is 0 Å². The summed E-state index contributed by atoms with van der Waals surface area (Å²) in [5, 5.41) is 2.82. The van der Waals surface area contributed by atoms with Crippen LogP contribution < -0.4 is 14.8 Å². The quantitative estimate of drug-likeness (QED) is 0.499. The summed E-state index contributed by atoms with van der Waals surface area (Å²) in [7, 11) is 0. The van der Waals surface area contributed by atoms with Gasteiger partial charge in [0.1, 0.15) is 11.5 Å². The van der Waals surface area contributed by atoms with Crippen molar-refractivity contribution in [2.75, 3.05) is 18.5 Å². The van der Waals surface area contributed by atoms with Crippen LogP contribution in [0.5, 0.6) is 11.5 Å². The number of aryl methyl sites for hydroxylation is 1. The molecule has 140 valence electrons. The molecule has 4 nitrogen and oxygen atoms in total. The van der Waals surface area contributed by atoms with Crippen molar-refractivity contribution in [3.05, 3.63) is 52.5 Å². The Morgan fingerprint density at radius 2 is 1.73 bits per heavy atom. The molecule has 0 saturated carbocycles. The van der Waals surface area contributed by atoms with Gasteiger partial charge in [-0.1, -0.05) is 42.1 Å². The lowest BCUT2D eigenvalue weighted by Gasteiger charge is -2.10. The number of benzene rings is 2. The topological polar surface area (TPSA) is 47.6 Å². The fourth-order valence-corrected chi connectivity index (χ4v) is 2.65. The number of ether oxygens (including phenoxy) is 2. The van der Waals surface area contributed by atoms with Crippen molar-refractivity contribution in [3.8, 4) is 11.5 Å². The number of unbranched alkanes of at least 4 members (excludes halogenated alkanes) is 3. The van der Waals surface area contributed by atoms with Gasteiger partial charge < -0.3 is 14.8 Å². The number of hydrogen-bond acceptors (Lipinski definition) is 3. The molecular weight excluding hydrogens is 394 g/mol. The first-order valence-corrected chi connectivity index (χ1v) is 9.79. The fourth-order valence-electron chi connectivity index (χ4n) is 2.41. The van der Waals surface area contributed by atoms with Gasteiger partial charge in [0.15, 0.2) is 6.61 Å².